The molecule has 1 aliphatic heterocycles. The third-order valence-corrected chi connectivity index (χ3v) is 4.55. The fourth-order valence-electron chi connectivity index (χ4n) is 2.70. The first-order chi connectivity index (χ1) is 14.2. The number of halogens is 6. The molecule has 5 nitrogen and oxygen atoms in total. The van der Waals surface area contributed by atoms with Crippen molar-refractivity contribution < 1.29 is 26.7 Å². The smallest absolute Gasteiger partial charge is 0.368 e. The van der Waals surface area contributed by atoms with Crippen LogP contribution >= 0.6 is 11.6 Å². The second-order valence-corrected chi connectivity index (χ2v) is 6.39. The highest BCUT2D eigenvalue weighted by Crippen LogP contribution is 2.20. The standard InChI is InChI=1S/C17H20ClF5N4O.C2H6/c1-2-27(24-15(10-18)17(21,22)23)11-16(28)26-7-5-25(6-8-26)12-3-4-13(19)14(20)9-12;1-2/h3-4,9H,2,5-8,10-11H2,1H3;1-2H3/b24-15+;. The lowest BCUT2D eigenvalue weighted by Crippen LogP contribution is -2.51. The van der Waals surface area contributed by atoms with E-state index in [2.05, 4.69) is 5.10 Å². The van der Waals surface area contributed by atoms with Gasteiger partial charge in [-0.25, -0.2) is 8.78 Å². The van der Waals surface area contributed by atoms with Gasteiger partial charge in [0.1, 0.15) is 6.54 Å². The van der Waals surface area contributed by atoms with Gasteiger partial charge in [-0.05, 0) is 19.1 Å². The van der Waals surface area contributed by atoms with Gasteiger partial charge in [-0.2, -0.15) is 18.3 Å². The first-order valence-electron chi connectivity index (χ1n) is 9.59. The number of hydrogen-bond acceptors (Lipinski definition) is 4. The molecule has 1 amide bonds. The van der Waals surface area contributed by atoms with E-state index in [4.69, 9.17) is 11.6 Å². The van der Waals surface area contributed by atoms with Crippen LogP contribution in [0.1, 0.15) is 20.8 Å². The Morgan fingerprint density at radius 1 is 1.13 bits per heavy atom. The third-order valence-electron chi connectivity index (χ3n) is 4.30. The van der Waals surface area contributed by atoms with E-state index in [1.165, 1.54) is 11.0 Å². The Bertz CT molecular complexity index is 721. The lowest BCUT2D eigenvalue weighted by molar-refractivity contribution is -0.132. The molecule has 1 fully saturated rings. The molecule has 0 unspecified atom stereocenters. The molecule has 170 valence electrons. The van der Waals surface area contributed by atoms with Gasteiger partial charge in [-0.1, -0.05) is 13.8 Å². The van der Waals surface area contributed by atoms with E-state index < -0.39 is 29.4 Å². The highest BCUT2D eigenvalue weighted by Gasteiger charge is 2.36. The van der Waals surface area contributed by atoms with E-state index in [0.717, 1.165) is 17.1 Å². The Morgan fingerprint density at radius 2 is 1.73 bits per heavy atom. The molecule has 0 atom stereocenters. The number of likely N-dealkylation sites (N-methyl/N-ethyl adjacent to an activating group) is 1. The lowest BCUT2D eigenvalue weighted by Gasteiger charge is -2.36. The minimum atomic E-state index is -4.66. The molecule has 0 bridgehead atoms. The maximum Gasteiger partial charge on any atom is 0.432 e. The van der Waals surface area contributed by atoms with E-state index in [0.29, 0.717) is 31.9 Å². The Morgan fingerprint density at radius 3 is 2.20 bits per heavy atom. The van der Waals surface area contributed by atoms with Crippen LogP contribution in [0.15, 0.2) is 23.3 Å². The molecule has 0 N–H and O–H groups in total. The van der Waals surface area contributed by atoms with E-state index in [9.17, 15) is 26.7 Å². The highest BCUT2D eigenvalue weighted by molar-refractivity contribution is 6.29. The number of carbonyl (C=O) groups is 1. The van der Waals surface area contributed by atoms with Crippen LogP contribution in [0.5, 0.6) is 0 Å². The average Bonchev–Trinajstić information content (AvgIpc) is 2.73. The molecule has 11 heteroatoms. The maximum absolute atomic E-state index is 13.4. The zero-order valence-corrected chi connectivity index (χ0v) is 17.9. The van der Waals surface area contributed by atoms with Crippen LogP contribution in [0, 0.1) is 11.6 Å². The van der Waals surface area contributed by atoms with Crippen molar-refractivity contribution in [2.24, 2.45) is 5.10 Å². The summed E-state index contributed by atoms with van der Waals surface area (Å²) in [6.45, 7) is 6.78. The number of hydrogen-bond donors (Lipinski definition) is 0. The average molecular weight is 457 g/mol. The minimum Gasteiger partial charge on any atom is -0.368 e. The zero-order chi connectivity index (χ0) is 22.9. The fourth-order valence-corrected chi connectivity index (χ4v) is 2.90. The van der Waals surface area contributed by atoms with Crippen molar-refractivity contribution in [2.45, 2.75) is 26.9 Å². The molecule has 1 aromatic carbocycles. The summed E-state index contributed by atoms with van der Waals surface area (Å²) >= 11 is 5.31. The van der Waals surface area contributed by atoms with Crippen LogP contribution in [0.2, 0.25) is 0 Å². The highest BCUT2D eigenvalue weighted by atomic mass is 35.5. The molecule has 30 heavy (non-hydrogen) atoms. The SMILES string of the molecule is CC.CCN(CC(=O)N1CCN(c2ccc(F)c(F)c2)CC1)/N=C(\CCl)C(F)(F)F. The van der Waals surface area contributed by atoms with Gasteiger partial charge in [0.15, 0.2) is 17.3 Å². The van der Waals surface area contributed by atoms with Gasteiger partial charge in [-0.3, -0.25) is 9.80 Å². The first-order valence-corrected chi connectivity index (χ1v) is 10.1. The molecular weight excluding hydrogens is 431 g/mol. The van der Waals surface area contributed by atoms with Crippen LogP contribution in [0.3, 0.4) is 0 Å². The predicted molar refractivity (Wildman–Crippen MR) is 108 cm³/mol. The summed E-state index contributed by atoms with van der Waals surface area (Å²) in [6.07, 6.45) is -4.66. The van der Waals surface area contributed by atoms with Gasteiger partial charge < -0.3 is 9.80 Å². The van der Waals surface area contributed by atoms with Crippen molar-refractivity contribution >= 4 is 28.9 Å². The van der Waals surface area contributed by atoms with Gasteiger partial charge in [0, 0.05) is 44.5 Å². The van der Waals surface area contributed by atoms with Gasteiger partial charge in [0.25, 0.3) is 0 Å². The number of anilines is 1. The second kappa shape index (κ2) is 11.9. The second-order valence-electron chi connectivity index (χ2n) is 6.13. The van der Waals surface area contributed by atoms with Gasteiger partial charge in [0.05, 0.1) is 5.88 Å². The monoisotopic (exact) mass is 456 g/mol. The Balaban J connectivity index is 0.00000218. The Kier molecular flexibility index (Phi) is 10.3. The quantitative estimate of drug-likeness (QED) is 0.280. The van der Waals surface area contributed by atoms with Crippen molar-refractivity contribution in [2.75, 3.05) is 50.0 Å². The first kappa shape index (κ1) is 25.9. The summed E-state index contributed by atoms with van der Waals surface area (Å²) in [5, 5.41) is 4.48. The van der Waals surface area contributed by atoms with Crippen LogP contribution < -0.4 is 4.90 Å². The molecule has 0 spiro atoms. The molecule has 1 aliphatic rings. The van der Waals surface area contributed by atoms with Crippen molar-refractivity contribution in [3.8, 4) is 0 Å². The number of carbonyl (C=O) groups excluding carboxylic acids is 1. The van der Waals surface area contributed by atoms with Crippen LogP contribution in [-0.2, 0) is 4.79 Å². The largest absolute Gasteiger partial charge is 0.432 e. The molecule has 0 aromatic heterocycles. The number of benzene rings is 1. The lowest BCUT2D eigenvalue weighted by atomic mass is 10.2. The summed E-state index contributed by atoms with van der Waals surface area (Å²) in [4.78, 5) is 15.7. The van der Waals surface area contributed by atoms with Crippen molar-refractivity contribution in [3.63, 3.8) is 0 Å². The molecule has 0 saturated carbocycles. The summed E-state index contributed by atoms with van der Waals surface area (Å²) < 4.78 is 64.7. The van der Waals surface area contributed by atoms with Crippen molar-refractivity contribution in [1.82, 2.24) is 9.91 Å². The Labute approximate surface area is 178 Å². The van der Waals surface area contributed by atoms with Gasteiger partial charge >= 0.3 is 6.18 Å². The topological polar surface area (TPSA) is 39.2 Å². The summed E-state index contributed by atoms with van der Waals surface area (Å²) in [5.41, 5.74) is -0.658. The molecule has 1 heterocycles. The normalized spacial score (nSPS) is 14.9. The number of alkyl halides is 4. The number of nitrogens with zero attached hydrogens (tertiary/aromatic N) is 4. The minimum absolute atomic E-state index is 0.108. The van der Waals surface area contributed by atoms with E-state index in [1.54, 1.807) is 11.8 Å². The number of amides is 1. The third kappa shape index (κ3) is 7.30. The van der Waals surface area contributed by atoms with Crippen molar-refractivity contribution in [3.05, 3.63) is 29.8 Å². The molecule has 0 aliphatic carbocycles. The van der Waals surface area contributed by atoms with E-state index in [-0.39, 0.29) is 19.0 Å². The molecule has 1 saturated heterocycles. The molecular formula is C19H26ClF5N4O. The fraction of sp³-hybridized carbons (Fsp3) is 0.579. The van der Waals surface area contributed by atoms with Gasteiger partial charge in [-0.15, -0.1) is 11.6 Å². The number of piperazine rings is 1. The maximum atomic E-state index is 13.4. The summed E-state index contributed by atoms with van der Waals surface area (Å²) in [5.74, 6) is -3.06. The van der Waals surface area contributed by atoms with Gasteiger partial charge in [0.2, 0.25) is 5.91 Å². The molecule has 1 aromatic rings. The Hall–Kier alpha value is -2.10. The predicted octanol–water partition coefficient (Wildman–Crippen LogP) is 4.12. The van der Waals surface area contributed by atoms with Crippen LogP contribution in [0.25, 0.3) is 0 Å². The molecule has 2 rings (SSSR count). The van der Waals surface area contributed by atoms with Crippen molar-refractivity contribution in [1.29, 1.82) is 0 Å². The summed E-state index contributed by atoms with van der Waals surface area (Å²) in [6, 6.07) is 3.58. The van der Waals surface area contributed by atoms with E-state index >= 15 is 0 Å². The zero-order valence-electron chi connectivity index (χ0n) is 17.1. The van der Waals surface area contributed by atoms with Crippen LogP contribution in [0.4, 0.5) is 27.6 Å². The molecule has 0 radical (unpaired) electrons. The summed E-state index contributed by atoms with van der Waals surface area (Å²) in [7, 11) is 0. The number of rotatable bonds is 6. The number of hydrazone groups is 1. The van der Waals surface area contributed by atoms with Crippen LogP contribution in [-0.4, -0.2) is 72.9 Å². The van der Waals surface area contributed by atoms with E-state index in [1.807, 2.05) is 13.8 Å².